The van der Waals surface area contributed by atoms with Gasteiger partial charge in [0.2, 0.25) is 5.88 Å². The Hall–Kier alpha value is -2.92. The van der Waals surface area contributed by atoms with Crippen LogP contribution in [0.15, 0.2) is 54.7 Å². The molecule has 4 rings (SSSR count). The molecule has 2 aromatic carbocycles. The minimum atomic E-state index is -0.292. The molecule has 31 heavy (non-hydrogen) atoms. The monoisotopic (exact) mass is 419 g/mol. The van der Waals surface area contributed by atoms with Gasteiger partial charge in [-0.15, -0.1) is 0 Å². The van der Waals surface area contributed by atoms with Crippen LogP contribution in [0, 0.1) is 6.92 Å². The first kappa shape index (κ1) is 22.8. The van der Waals surface area contributed by atoms with Crippen LogP contribution in [0.3, 0.4) is 0 Å². The largest absolute Gasteiger partial charge is 0.476 e. The van der Waals surface area contributed by atoms with Crippen LogP contribution >= 0.6 is 0 Å². The SMILES string of the molecule is CC.Cc1cnc(OCCN(C)C)cc1C(=O)NC1(c2cccc3ccccc23)CC1. The van der Waals surface area contributed by atoms with Crippen LogP contribution in [0.4, 0.5) is 0 Å². The van der Waals surface area contributed by atoms with E-state index in [1.807, 2.05) is 51.9 Å². The topological polar surface area (TPSA) is 54.5 Å². The summed E-state index contributed by atoms with van der Waals surface area (Å²) in [7, 11) is 3.99. The van der Waals surface area contributed by atoms with Crippen molar-refractivity contribution in [3.63, 3.8) is 0 Å². The van der Waals surface area contributed by atoms with Crippen LogP contribution in [0.2, 0.25) is 0 Å². The molecule has 1 amide bonds. The van der Waals surface area contributed by atoms with Crippen LogP contribution in [0.5, 0.6) is 5.88 Å². The molecule has 0 unspecified atom stereocenters. The summed E-state index contributed by atoms with van der Waals surface area (Å²) in [5.74, 6) is 0.408. The Labute approximate surface area is 185 Å². The second kappa shape index (κ2) is 9.92. The van der Waals surface area contributed by atoms with Gasteiger partial charge in [0.05, 0.1) is 5.54 Å². The molecule has 1 fully saturated rings. The van der Waals surface area contributed by atoms with E-state index in [0.717, 1.165) is 24.9 Å². The number of ether oxygens (including phenoxy) is 1. The van der Waals surface area contributed by atoms with Crippen LogP contribution in [-0.2, 0) is 5.54 Å². The number of hydrogen-bond donors (Lipinski definition) is 1. The number of likely N-dealkylation sites (N-methyl/N-ethyl adjacent to an activating group) is 1. The zero-order valence-electron chi connectivity index (χ0n) is 19.2. The van der Waals surface area contributed by atoms with Crippen molar-refractivity contribution < 1.29 is 9.53 Å². The normalized spacial score (nSPS) is 14.0. The summed E-state index contributed by atoms with van der Waals surface area (Å²) in [5.41, 5.74) is 2.36. The minimum absolute atomic E-state index is 0.0761. The van der Waals surface area contributed by atoms with Crippen molar-refractivity contribution in [3.05, 3.63) is 71.4 Å². The molecular weight excluding hydrogens is 386 g/mol. The van der Waals surface area contributed by atoms with Gasteiger partial charge in [-0.25, -0.2) is 4.98 Å². The van der Waals surface area contributed by atoms with E-state index in [2.05, 4.69) is 40.6 Å². The summed E-state index contributed by atoms with van der Waals surface area (Å²) in [4.78, 5) is 19.5. The number of fused-ring (bicyclic) bond motifs is 1. The highest BCUT2D eigenvalue weighted by Crippen LogP contribution is 2.48. The van der Waals surface area contributed by atoms with Gasteiger partial charge in [-0.1, -0.05) is 56.3 Å². The molecule has 0 spiro atoms. The maximum absolute atomic E-state index is 13.2. The van der Waals surface area contributed by atoms with Gasteiger partial charge in [-0.2, -0.15) is 0 Å². The summed E-state index contributed by atoms with van der Waals surface area (Å²) < 4.78 is 5.72. The number of nitrogens with zero attached hydrogens (tertiary/aromatic N) is 2. The smallest absolute Gasteiger partial charge is 0.252 e. The summed E-state index contributed by atoms with van der Waals surface area (Å²) >= 11 is 0. The lowest BCUT2D eigenvalue weighted by Gasteiger charge is -2.21. The number of nitrogens with one attached hydrogen (secondary N) is 1. The van der Waals surface area contributed by atoms with Crippen LogP contribution in [0.25, 0.3) is 10.8 Å². The van der Waals surface area contributed by atoms with E-state index in [-0.39, 0.29) is 11.4 Å². The minimum Gasteiger partial charge on any atom is -0.476 e. The average Bonchev–Trinajstić information content (AvgIpc) is 3.56. The second-order valence-corrected chi connectivity index (χ2v) is 8.05. The van der Waals surface area contributed by atoms with Gasteiger partial charge in [0.1, 0.15) is 6.61 Å². The Morgan fingerprint density at radius 1 is 1.13 bits per heavy atom. The molecule has 1 aromatic heterocycles. The molecule has 5 nitrogen and oxygen atoms in total. The summed E-state index contributed by atoms with van der Waals surface area (Å²) in [6.45, 7) is 7.23. The van der Waals surface area contributed by atoms with Crippen molar-refractivity contribution in [2.45, 2.75) is 39.2 Å². The lowest BCUT2D eigenvalue weighted by molar-refractivity contribution is 0.0929. The first-order chi connectivity index (χ1) is 15.0. The first-order valence-corrected chi connectivity index (χ1v) is 11.0. The highest BCUT2D eigenvalue weighted by atomic mass is 16.5. The van der Waals surface area contributed by atoms with Crippen molar-refractivity contribution >= 4 is 16.7 Å². The van der Waals surface area contributed by atoms with E-state index >= 15 is 0 Å². The van der Waals surface area contributed by atoms with Crippen LogP contribution in [0.1, 0.15) is 48.2 Å². The van der Waals surface area contributed by atoms with Gasteiger partial charge in [0, 0.05) is 24.4 Å². The molecule has 164 valence electrons. The average molecular weight is 420 g/mol. The Bertz CT molecular complexity index is 1040. The fraction of sp³-hybridized carbons (Fsp3) is 0.385. The Morgan fingerprint density at radius 3 is 2.55 bits per heavy atom. The molecule has 0 saturated heterocycles. The molecular formula is C26H33N3O2. The van der Waals surface area contributed by atoms with Gasteiger partial charge in [-0.3, -0.25) is 4.79 Å². The van der Waals surface area contributed by atoms with Crippen molar-refractivity contribution in [2.75, 3.05) is 27.2 Å². The fourth-order valence-electron chi connectivity index (χ4n) is 3.67. The molecule has 1 aliphatic rings. The number of benzene rings is 2. The van der Waals surface area contributed by atoms with E-state index < -0.39 is 0 Å². The van der Waals surface area contributed by atoms with Crippen molar-refractivity contribution in [3.8, 4) is 5.88 Å². The summed E-state index contributed by atoms with van der Waals surface area (Å²) in [5, 5.41) is 5.70. The number of carbonyl (C=O) groups is 1. The van der Waals surface area contributed by atoms with Crippen molar-refractivity contribution in [2.24, 2.45) is 0 Å². The maximum atomic E-state index is 13.2. The van der Waals surface area contributed by atoms with E-state index in [4.69, 9.17) is 4.74 Å². The Kier molecular flexibility index (Phi) is 7.29. The van der Waals surface area contributed by atoms with E-state index in [0.29, 0.717) is 18.1 Å². The number of rotatable bonds is 7. The molecule has 1 aliphatic carbocycles. The molecule has 3 aromatic rings. The summed E-state index contributed by atoms with van der Waals surface area (Å²) in [6, 6.07) is 16.4. The molecule has 1 heterocycles. The Balaban J connectivity index is 0.00000132. The van der Waals surface area contributed by atoms with Gasteiger partial charge in [-0.05, 0) is 55.8 Å². The number of aryl methyl sites for hydroxylation is 1. The van der Waals surface area contributed by atoms with E-state index in [1.165, 1.54) is 16.3 Å². The predicted molar refractivity (Wildman–Crippen MR) is 127 cm³/mol. The van der Waals surface area contributed by atoms with Crippen LogP contribution in [-0.4, -0.2) is 43.0 Å². The third-order valence-electron chi connectivity index (χ3n) is 5.52. The van der Waals surface area contributed by atoms with Gasteiger partial charge in [0.15, 0.2) is 0 Å². The highest BCUT2D eigenvalue weighted by molar-refractivity contribution is 5.97. The molecule has 0 radical (unpaired) electrons. The number of aromatic nitrogens is 1. The lowest BCUT2D eigenvalue weighted by atomic mass is 9.96. The number of pyridine rings is 1. The molecule has 5 heteroatoms. The third kappa shape index (κ3) is 5.23. The highest BCUT2D eigenvalue weighted by Gasteiger charge is 2.46. The number of hydrogen-bond acceptors (Lipinski definition) is 4. The second-order valence-electron chi connectivity index (χ2n) is 8.05. The molecule has 0 bridgehead atoms. The van der Waals surface area contributed by atoms with Gasteiger partial charge in [0.25, 0.3) is 5.91 Å². The zero-order valence-corrected chi connectivity index (χ0v) is 19.2. The fourth-order valence-corrected chi connectivity index (χ4v) is 3.67. The Morgan fingerprint density at radius 2 is 1.84 bits per heavy atom. The summed E-state index contributed by atoms with van der Waals surface area (Å²) in [6.07, 6.45) is 3.60. The standard InChI is InChI=1S/C24H27N3O2.C2H6/c1-17-16-25-22(29-14-13-27(2)3)15-20(17)23(28)26-24(11-12-24)21-10-6-8-18-7-4-5-9-19(18)21;1-2/h4-10,15-16H,11-14H2,1-3H3,(H,26,28);1-2H3. The lowest BCUT2D eigenvalue weighted by Crippen LogP contribution is -2.35. The molecule has 0 aliphatic heterocycles. The molecule has 0 atom stereocenters. The molecule has 1 N–H and O–H groups in total. The van der Waals surface area contributed by atoms with E-state index in [1.54, 1.807) is 12.3 Å². The van der Waals surface area contributed by atoms with Gasteiger partial charge < -0.3 is 15.0 Å². The van der Waals surface area contributed by atoms with E-state index in [9.17, 15) is 4.79 Å². The zero-order chi connectivity index (χ0) is 22.4. The van der Waals surface area contributed by atoms with Crippen molar-refractivity contribution in [1.82, 2.24) is 15.2 Å². The molecule has 1 saturated carbocycles. The van der Waals surface area contributed by atoms with Crippen LogP contribution < -0.4 is 10.1 Å². The third-order valence-corrected chi connectivity index (χ3v) is 5.52. The van der Waals surface area contributed by atoms with Crippen molar-refractivity contribution in [1.29, 1.82) is 0 Å². The first-order valence-electron chi connectivity index (χ1n) is 11.0. The quantitative estimate of drug-likeness (QED) is 0.590. The number of amides is 1. The maximum Gasteiger partial charge on any atom is 0.252 e. The number of carbonyl (C=O) groups excluding carboxylic acids is 1. The van der Waals surface area contributed by atoms with Gasteiger partial charge >= 0.3 is 0 Å². The predicted octanol–water partition coefficient (Wildman–Crippen LogP) is 4.93.